The number of hydrogen-bond donors (Lipinski definition) is 0. The molecule has 4 saturated carbocycles. The lowest BCUT2D eigenvalue weighted by Crippen LogP contribution is -2.58. The third kappa shape index (κ3) is 2.81. The Kier molecular flexibility index (Phi) is 4.55. The molecule has 0 heterocycles. The van der Waals surface area contributed by atoms with Gasteiger partial charge in [0.05, 0.1) is 0 Å². The van der Waals surface area contributed by atoms with Crippen molar-refractivity contribution in [2.75, 3.05) is 0 Å². The van der Waals surface area contributed by atoms with E-state index in [0.29, 0.717) is 30.0 Å². The Hall–Kier alpha value is -1.19. The van der Waals surface area contributed by atoms with Gasteiger partial charge in [0.2, 0.25) is 0 Å². The van der Waals surface area contributed by atoms with Crippen molar-refractivity contribution < 1.29 is 19.1 Å². The van der Waals surface area contributed by atoms with Gasteiger partial charge in [0.1, 0.15) is 17.7 Å². The summed E-state index contributed by atoms with van der Waals surface area (Å²) < 4.78 is 5.51. The molecule has 8 atom stereocenters. The van der Waals surface area contributed by atoms with Crippen molar-refractivity contribution in [1.82, 2.24) is 0 Å². The van der Waals surface area contributed by atoms with Crippen LogP contribution in [0.4, 0.5) is 0 Å². The number of hydrogen-bond acceptors (Lipinski definition) is 4. The smallest absolute Gasteiger partial charge is 0.302 e. The van der Waals surface area contributed by atoms with Crippen molar-refractivity contribution in [3.8, 4) is 0 Å². The molecule has 0 saturated heterocycles. The second-order valence-electron chi connectivity index (χ2n) is 10.4. The van der Waals surface area contributed by atoms with Gasteiger partial charge >= 0.3 is 5.97 Å². The molecule has 0 spiro atoms. The molecule has 150 valence electrons. The zero-order chi connectivity index (χ0) is 19.6. The summed E-state index contributed by atoms with van der Waals surface area (Å²) in [6, 6.07) is 0. The van der Waals surface area contributed by atoms with Crippen LogP contribution < -0.4 is 0 Å². The number of Topliss-reactive ketones (excluding diaryl/α,β-unsaturated/α-hetero) is 2. The van der Waals surface area contributed by atoms with Crippen LogP contribution in [0.25, 0.3) is 0 Å². The molecule has 4 aliphatic rings. The van der Waals surface area contributed by atoms with Gasteiger partial charge in [-0.15, -0.1) is 0 Å². The van der Waals surface area contributed by atoms with Crippen LogP contribution in [0, 0.1) is 40.4 Å². The molecule has 0 radical (unpaired) electrons. The van der Waals surface area contributed by atoms with Gasteiger partial charge in [-0.2, -0.15) is 0 Å². The van der Waals surface area contributed by atoms with Gasteiger partial charge < -0.3 is 4.74 Å². The van der Waals surface area contributed by atoms with Crippen molar-refractivity contribution in [1.29, 1.82) is 0 Å². The maximum atomic E-state index is 13.5. The number of ether oxygens (including phenoxy) is 1. The summed E-state index contributed by atoms with van der Waals surface area (Å²) in [5.74, 6) is 2.11. The minimum Gasteiger partial charge on any atom is -0.463 e. The summed E-state index contributed by atoms with van der Waals surface area (Å²) >= 11 is 0. The normalized spacial score (nSPS) is 49.0. The Morgan fingerprint density at radius 3 is 2.41 bits per heavy atom. The lowest BCUT2D eigenvalue weighted by Gasteiger charge is -2.59. The minimum absolute atomic E-state index is 0.0228. The average molecular weight is 375 g/mol. The quantitative estimate of drug-likeness (QED) is 0.675. The summed E-state index contributed by atoms with van der Waals surface area (Å²) in [4.78, 5) is 37.1. The van der Waals surface area contributed by atoms with E-state index in [0.717, 1.165) is 44.9 Å². The van der Waals surface area contributed by atoms with Gasteiger partial charge in [-0.25, -0.2) is 0 Å². The molecular weight excluding hydrogens is 340 g/mol. The Balaban J connectivity index is 1.60. The molecule has 0 amide bonds. The van der Waals surface area contributed by atoms with Crippen molar-refractivity contribution in [3.05, 3.63) is 0 Å². The maximum Gasteiger partial charge on any atom is 0.302 e. The molecule has 0 aromatic carbocycles. The number of fused-ring (bicyclic) bond motifs is 5. The molecule has 0 bridgehead atoms. The van der Waals surface area contributed by atoms with E-state index in [4.69, 9.17) is 4.74 Å². The first kappa shape index (κ1) is 19.1. The van der Waals surface area contributed by atoms with Crippen molar-refractivity contribution >= 4 is 17.5 Å². The Labute approximate surface area is 162 Å². The van der Waals surface area contributed by atoms with E-state index in [9.17, 15) is 14.4 Å². The molecule has 0 N–H and O–H groups in total. The van der Waals surface area contributed by atoms with Gasteiger partial charge in [-0.1, -0.05) is 13.8 Å². The van der Waals surface area contributed by atoms with Gasteiger partial charge in [-0.05, 0) is 80.5 Å². The second kappa shape index (κ2) is 6.42. The number of carbonyl (C=O) groups excluding carboxylic acids is 3. The number of esters is 1. The van der Waals surface area contributed by atoms with E-state index in [-0.39, 0.29) is 40.5 Å². The Bertz CT molecular complexity index is 669. The summed E-state index contributed by atoms with van der Waals surface area (Å²) in [5, 5.41) is 0. The van der Waals surface area contributed by atoms with E-state index in [2.05, 4.69) is 13.8 Å². The monoisotopic (exact) mass is 374 g/mol. The van der Waals surface area contributed by atoms with Gasteiger partial charge in [0.25, 0.3) is 0 Å². The highest BCUT2D eigenvalue weighted by Gasteiger charge is 2.63. The highest BCUT2D eigenvalue weighted by molar-refractivity contribution is 5.87. The Morgan fingerprint density at radius 1 is 1.00 bits per heavy atom. The van der Waals surface area contributed by atoms with E-state index in [1.807, 2.05) is 0 Å². The lowest BCUT2D eigenvalue weighted by molar-refractivity contribution is -0.169. The molecule has 4 heteroatoms. The van der Waals surface area contributed by atoms with Crippen LogP contribution in [-0.2, 0) is 19.1 Å². The minimum atomic E-state index is -0.192. The highest BCUT2D eigenvalue weighted by atomic mass is 16.5. The van der Waals surface area contributed by atoms with Crippen LogP contribution in [0.15, 0.2) is 0 Å². The summed E-state index contributed by atoms with van der Waals surface area (Å²) in [6.45, 7) is 7.75. The van der Waals surface area contributed by atoms with Crippen LogP contribution in [0.3, 0.4) is 0 Å². The number of rotatable bonds is 2. The third-order valence-corrected chi connectivity index (χ3v) is 9.12. The molecule has 4 fully saturated rings. The molecule has 0 aromatic rings. The zero-order valence-corrected chi connectivity index (χ0v) is 17.3. The molecular formula is C23H34O4. The highest BCUT2D eigenvalue weighted by Crippen LogP contribution is 2.66. The van der Waals surface area contributed by atoms with Crippen molar-refractivity contribution in [2.45, 2.75) is 85.2 Å². The molecule has 0 unspecified atom stereocenters. The van der Waals surface area contributed by atoms with Crippen LogP contribution in [0.2, 0.25) is 0 Å². The molecule has 27 heavy (non-hydrogen) atoms. The molecule has 4 rings (SSSR count). The first-order chi connectivity index (χ1) is 12.7. The van der Waals surface area contributed by atoms with Crippen LogP contribution in [-0.4, -0.2) is 23.6 Å². The van der Waals surface area contributed by atoms with Gasteiger partial charge in [0, 0.05) is 25.2 Å². The fourth-order valence-electron chi connectivity index (χ4n) is 8.04. The van der Waals surface area contributed by atoms with Crippen LogP contribution in [0.5, 0.6) is 0 Å². The fraction of sp³-hybridized carbons (Fsp3) is 0.870. The lowest BCUT2D eigenvalue weighted by atomic mass is 9.44. The number of carbonyl (C=O) groups is 3. The van der Waals surface area contributed by atoms with E-state index in [1.165, 1.54) is 6.92 Å². The van der Waals surface area contributed by atoms with Crippen LogP contribution >= 0.6 is 0 Å². The summed E-state index contributed by atoms with van der Waals surface area (Å²) in [7, 11) is 0. The first-order valence-corrected chi connectivity index (χ1v) is 10.9. The van der Waals surface area contributed by atoms with Crippen molar-refractivity contribution in [2.24, 2.45) is 40.4 Å². The topological polar surface area (TPSA) is 60.4 Å². The van der Waals surface area contributed by atoms with Gasteiger partial charge in [-0.3, -0.25) is 14.4 Å². The SMILES string of the molecule is CC(=O)O[C@@H]1CC[C@@]2(C)[C@@H](CC[C@H]3[C@H]2C(=O)C[C@]2(C)[C@H](C(C)=O)CC[C@@H]32)C1. The van der Waals surface area contributed by atoms with Crippen LogP contribution in [0.1, 0.15) is 79.1 Å². The zero-order valence-electron chi connectivity index (χ0n) is 17.3. The standard InChI is InChI=1S/C23H34O4/c1-13(24)18-7-8-19-17-6-5-15-11-16(27-14(2)25)9-10-22(15,3)21(17)20(26)12-23(18,19)4/h15-19,21H,5-12H2,1-4H3/t15-,16+,17+,18-,19-,21-,22-,23+/m0/s1. The van der Waals surface area contributed by atoms with Gasteiger partial charge in [0.15, 0.2) is 0 Å². The van der Waals surface area contributed by atoms with E-state index < -0.39 is 0 Å². The summed E-state index contributed by atoms with van der Waals surface area (Å²) in [5.41, 5.74) is -0.0888. The largest absolute Gasteiger partial charge is 0.463 e. The molecule has 4 nitrogen and oxygen atoms in total. The van der Waals surface area contributed by atoms with E-state index >= 15 is 0 Å². The second-order valence-corrected chi connectivity index (χ2v) is 10.4. The average Bonchev–Trinajstić information content (AvgIpc) is 2.91. The fourth-order valence-corrected chi connectivity index (χ4v) is 8.04. The predicted octanol–water partition coefficient (Wildman–Crippen LogP) is 4.35. The summed E-state index contributed by atoms with van der Waals surface area (Å²) in [6.07, 6.45) is 7.64. The third-order valence-electron chi connectivity index (χ3n) is 9.12. The molecule has 0 aromatic heterocycles. The number of ketones is 2. The Morgan fingerprint density at radius 2 is 1.74 bits per heavy atom. The van der Waals surface area contributed by atoms with Crippen molar-refractivity contribution in [3.63, 3.8) is 0 Å². The molecule has 4 aliphatic carbocycles. The van der Waals surface area contributed by atoms with E-state index in [1.54, 1.807) is 6.92 Å². The predicted molar refractivity (Wildman–Crippen MR) is 102 cm³/mol. The first-order valence-electron chi connectivity index (χ1n) is 10.9. The maximum absolute atomic E-state index is 13.5. The molecule has 0 aliphatic heterocycles.